The molecule has 2 rings (SSSR count). The molecule has 0 amide bonds. The molecule has 0 saturated carbocycles. The quantitative estimate of drug-likeness (QED) is 0.449. The van der Waals surface area contributed by atoms with Gasteiger partial charge in [0.05, 0.1) is 13.3 Å². The fraction of sp³-hybridized carbons (Fsp3) is 0.143. The number of hydrogen-bond acceptors (Lipinski definition) is 1. The monoisotopic (exact) mass is 211 g/mol. The number of hydrogen-bond donors (Lipinski definition) is 1. The molecule has 80 valence electrons. The average Bonchev–Trinajstić information content (AvgIpc) is 2.33. The van der Waals surface area contributed by atoms with Crippen LogP contribution < -0.4 is 0 Å². The van der Waals surface area contributed by atoms with Crippen molar-refractivity contribution in [2.24, 2.45) is 0 Å². The summed E-state index contributed by atoms with van der Waals surface area (Å²) in [6, 6.07) is 12.6. The first-order chi connectivity index (χ1) is 7.72. The number of rotatable bonds is 2. The van der Waals surface area contributed by atoms with Gasteiger partial charge in [-0.3, -0.25) is 0 Å². The van der Waals surface area contributed by atoms with Gasteiger partial charge in [0.1, 0.15) is 0 Å². The van der Waals surface area contributed by atoms with Gasteiger partial charge in [-0.05, 0) is 23.3 Å². The summed E-state index contributed by atoms with van der Waals surface area (Å²) in [4.78, 5) is 0. The number of nitrogens with zero attached hydrogens (tertiary/aromatic N) is 1. The van der Waals surface area contributed by atoms with Gasteiger partial charge < -0.3 is 0 Å². The van der Waals surface area contributed by atoms with Gasteiger partial charge in [-0.2, -0.15) is 0 Å². The molecular weight excluding hydrogens is 196 g/mol. The highest BCUT2D eigenvalue weighted by atomic mass is 15.0. The topological polar surface area (TPSA) is 26.9 Å². The standard InChI is InChI=1S/C14H15N2/c1-11-13(9-16(2)10-15)8-7-12-5-3-4-6-14(11)12/h3-10,15H,1-2H3/q+1. The van der Waals surface area contributed by atoms with Crippen molar-refractivity contribution in [3.8, 4) is 0 Å². The van der Waals surface area contributed by atoms with Crippen molar-refractivity contribution in [3.63, 3.8) is 0 Å². The maximum atomic E-state index is 7.16. The van der Waals surface area contributed by atoms with Crippen LogP contribution in [0.5, 0.6) is 0 Å². The normalized spacial score (nSPS) is 11.8. The summed E-state index contributed by atoms with van der Waals surface area (Å²) in [7, 11) is 1.86. The maximum absolute atomic E-state index is 7.16. The Hall–Kier alpha value is -1.96. The minimum absolute atomic E-state index is 1.16. The minimum atomic E-state index is 1.16. The molecule has 0 radical (unpaired) electrons. The third kappa shape index (κ3) is 1.87. The van der Waals surface area contributed by atoms with E-state index in [1.54, 1.807) is 4.58 Å². The van der Waals surface area contributed by atoms with Crippen molar-refractivity contribution in [2.45, 2.75) is 6.92 Å². The summed E-state index contributed by atoms with van der Waals surface area (Å²) in [6.45, 7) is 2.12. The van der Waals surface area contributed by atoms with E-state index in [0.717, 1.165) is 5.56 Å². The molecule has 0 atom stereocenters. The van der Waals surface area contributed by atoms with Crippen molar-refractivity contribution in [3.05, 3.63) is 47.5 Å². The van der Waals surface area contributed by atoms with Crippen LogP contribution in [0.2, 0.25) is 0 Å². The highest BCUT2D eigenvalue weighted by molar-refractivity contribution is 5.93. The Morgan fingerprint density at radius 2 is 1.88 bits per heavy atom. The zero-order valence-corrected chi connectivity index (χ0v) is 9.57. The van der Waals surface area contributed by atoms with Gasteiger partial charge in [-0.25, -0.2) is 4.58 Å². The van der Waals surface area contributed by atoms with Crippen molar-refractivity contribution in [2.75, 3.05) is 7.05 Å². The molecule has 2 heteroatoms. The highest BCUT2D eigenvalue weighted by Gasteiger charge is 2.02. The fourth-order valence-electron chi connectivity index (χ4n) is 1.84. The van der Waals surface area contributed by atoms with E-state index in [-0.39, 0.29) is 0 Å². The summed E-state index contributed by atoms with van der Waals surface area (Å²) < 4.78 is 1.75. The molecule has 0 saturated heterocycles. The van der Waals surface area contributed by atoms with E-state index in [4.69, 9.17) is 5.41 Å². The number of aryl methyl sites for hydroxylation is 1. The Labute approximate surface area is 95.4 Å². The molecule has 2 aromatic carbocycles. The largest absolute Gasteiger partial charge is 0.276 e. The van der Waals surface area contributed by atoms with E-state index in [0.29, 0.717) is 0 Å². The third-order valence-electron chi connectivity index (χ3n) is 2.79. The van der Waals surface area contributed by atoms with Crippen LogP contribution in [-0.2, 0) is 0 Å². The second-order valence-corrected chi connectivity index (χ2v) is 3.92. The summed E-state index contributed by atoms with van der Waals surface area (Å²) in [6.07, 6.45) is 3.27. The first-order valence-corrected chi connectivity index (χ1v) is 5.28. The molecule has 0 unspecified atom stereocenters. The summed E-state index contributed by atoms with van der Waals surface area (Å²) >= 11 is 0. The van der Waals surface area contributed by atoms with E-state index < -0.39 is 0 Å². The smallest absolute Gasteiger partial charge is 0.240 e. The van der Waals surface area contributed by atoms with Crippen LogP contribution in [0.25, 0.3) is 10.8 Å². The summed E-state index contributed by atoms with van der Waals surface area (Å²) in [5, 5.41) is 9.69. The Balaban J connectivity index is 2.65. The van der Waals surface area contributed by atoms with E-state index in [1.807, 2.05) is 13.3 Å². The molecule has 2 nitrogen and oxygen atoms in total. The molecule has 0 aromatic heterocycles. The minimum Gasteiger partial charge on any atom is -0.240 e. The lowest BCUT2D eigenvalue weighted by Gasteiger charge is -2.05. The van der Waals surface area contributed by atoms with Gasteiger partial charge in [0.25, 0.3) is 6.34 Å². The lowest BCUT2D eigenvalue weighted by molar-refractivity contribution is -0.355. The fourth-order valence-corrected chi connectivity index (χ4v) is 1.84. The maximum Gasteiger partial charge on any atom is 0.276 e. The van der Waals surface area contributed by atoms with Gasteiger partial charge in [-0.1, -0.05) is 36.4 Å². The van der Waals surface area contributed by atoms with E-state index >= 15 is 0 Å². The third-order valence-corrected chi connectivity index (χ3v) is 2.79. The van der Waals surface area contributed by atoms with E-state index in [2.05, 4.69) is 43.3 Å². The molecule has 0 fully saturated rings. The predicted molar refractivity (Wildman–Crippen MR) is 68.8 cm³/mol. The Morgan fingerprint density at radius 3 is 2.62 bits per heavy atom. The molecule has 2 aromatic rings. The number of nitrogens with one attached hydrogen (secondary N) is 1. The van der Waals surface area contributed by atoms with Crippen molar-refractivity contribution in [1.29, 1.82) is 5.41 Å². The molecule has 0 bridgehead atoms. The van der Waals surface area contributed by atoms with Gasteiger partial charge in [0, 0.05) is 5.56 Å². The number of benzene rings is 2. The van der Waals surface area contributed by atoms with Crippen molar-refractivity contribution >= 4 is 23.3 Å². The molecule has 16 heavy (non-hydrogen) atoms. The van der Waals surface area contributed by atoms with Crippen LogP contribution in [0.15, 0.2) is 36.4 Å². The molecule has 0 aliphatic rings. The first kappa shape index (κ1) is 10.6. The molecule has 0 spiro atoms. The molecule has 0 aliphatic heterocycles. The van der Waals surface area contributed by atoms with Crippen molar-refractivity contribution < 1.29 is 4.58 Å². The average molecular weight is 211 g/mol. The van der Waals surface area contributed by atoms with Crippen LogP contribution in [0.4, 0.5) is 0 Å². The zero-order valence-electron chi connectivity index (χ0n) is 9.57. The van der Waals surface area contributed by atoms with Gasteiger partial charge in [-0.15, -0.1) is 5.41 Å². The SMILES string of the molecule is Cc1c(C=[N+](C)C=N)ccc2ccccc12. The van der Waals surface area contributed by atoms with Crippen LogP contribution >= 0.6 is 0 Å². The molecular formula is C14H15N2+. The summed E-state index contributed by atoms with van der Waals surface area (Å²) in [5.74, 6) is 0. The Bertz CT molecular complexity index is 568. The second-order valence-electron chi connectivity index (χ2n) is 3.92. The second kappa shape index (κ2) is 4.27. The molecule has 0 aliphatic carbocycles. The van der Waals surface area contributed by atoms with Gasteiger partial charge in [0.15, 0.2) is 0 Å². The lowest BCUT2D eigenvalue weighted by Crippen LogP contribution is -2.05. The van der Waals surface area contributed by atoms with Crippen LogP contribution in [0.1, 0.15) is 11.1 Å². The Kier molecular flexibility index (Phi) is 2.82. The van der Waals surface area contributed by atoms with Crippen LogP contribution in [-0.4, -0.2) is 24.2 Å². The van der Waals surface area contributed by atoms with Crippen LogP contribution in [0, 0.1) is 12.3 Å². The molecule has 1 N–H and O–H groups in total. The molecule has 0 heterocycles. The first-order valence-electron chi connectivity index (χ1n) is 5.28. The van der Waals surface area contributed by atoms with E-state index in [9.17, 15) is 0 Å². The van der Waals surface area contributed by atoms with Crippen LogP contribution in [0.3, 0.4) is 0 Å². The van der Waals surface area contributed by atoms with Gasteiger partial charge in [0.2, 0.25) is 0 Å². The zero-order chi connectivity index (χ0) is 11.5. The summed E-state index contributed by atoms with van der Waals surface area (Å²) in [5.41, 5.74) is 2.41. The highest BCUT2D eigenvalue weighted by Crippen LogP contribution is 2.20. The predicted octanol–water partition coefficient (Wildman–Crippen LogP) is 2.82. The number of fused-ring (bicyclic) bond motifs is 1. The van der Waals surface area contributed by atoms with Gasteiger partial charge >= 0.3 is 0 Å². The van der Waals surface area contributed by atoms with E-state index in [1.165, 1.54) is 22.7 Å². The van der Waals surface area contributed by atoms with Crippen molar-refractivity contribution in [1.82, 2.24) is 0 Å². The Morgan fingerprint density at radius 1 is 1.12 bits per heavy atom. The lowest BCUT2D eigenvalue weighted by atomic mass is 10.0.